The van der Waals surface area contributed by atoms with Gasteiger partial charge in [-0.05, 0) is 18.4 Å². The fraction of sp³-hybridized carbons (Fsp3) is 0.462. The van der Waals surface area contributed by atoms with Crippen molar-refractivity contribution in [3.05, 3.63) is 35.4 Å². The average molecular weight is 281 g/mol. The van der Waals surface area contributed by atoms with E-state index in [9.17, 15) is 8.42 Å². The molecule has 0 spiro atoms. The number of nitrogens with two attached hydrogens (primary N) is 1. The largest absolute Gasteiger partial charge is 0.384 e. The van der Waals surface area contributed by atoms with Gasteiger partial charge in [0.2, 0.25) is 10.0 Å². The van der Waals surface area contributed by atoms with E-state index in [1.54, 1.807) is 24.3 Å². The van der Waals surface area contributed by atoms with Crippen molar-refractivity contribution in [3.8, 4) is 0 Å². The molecule has 0 atom stereocenters. The quantitative estimate of drug-likeness (QED) is 0.561. The van der Waals surface area contributed by atoms with Crippen molar-refractivity contribution < 1.29 is 8.42 Å². The number of hydrogen-bond donors (Lipinski definition) is 3. The van der Waals surface area contributed by atoms with Crippen LogP contribution in [0.1, 0.15) is 36.8 Å². The highest BCUT2D eigenvalue weighted by molar-refractivity contribution is 7.90. The van der Waals surface area contributed by atoms with Crippen LogP contribution in [0.2, 0.25) is 0 Å². The molecule has 5 nitrogen and oxygen atoms in total. The van der Waals surface area contributed by atoms with Gasteiger partial charge in [-0.2, -0.15) is 0 Å². The average Bonchev–Trinajstić information content (AvgIpc) is 2.91. The van der Waals surface area contributed by atoms with E-state index in [0.29, 0.717) is 5.56 Å². The van der Waals surface area contributed by atoms with Crippen LogP contribution in [0.25, 0.3) is 0 Å². The summed E-state index contributed by atoms with van der Waals surface area (Å²) < 4.78 is 26.7. The summed E-state index contributed by atoms with van der Waals surface area (Å²) in [5, 5.41) is 7.05. The Labute approximate surface area is 113 Å². The molecule has 1 aliphatic carbocycles. The van der Waals surface area contributed by atoms with Gasteiger partial charge in [0, 0.05) is 12.1 Å². The Bertz CT molecular complexity index is 546. The molecule has 0 unspecified atom stereocenters. The number of amidine groups is 1. The first kappa shape index (κ1) is 14.0. The molecule has 2 rings (SSSR count). The lowest BCUT2D eigenvalue weighted by Gasteiger charge is -2.12. The number of nitrogens with one attached hydrogen (secondary N) is 2. The van der Waals surface area contributed by atoms with Gasteiger partial charge in [-0.25, -0.2) is 13.1 Å². The molecule has 1 aromatic rings. The first-order chi connectivity index (χ1) is 8.99. The van der Waals surface area contributed by atoms with E-state index >= 15 is 0 Å². The van der Waals surface area contributed by atoms with Crippen LogP contribution in [-0.2, 0) is 16.6 Å². The smallest absolute Gasteiger partial charge is 0.214 e. The maximum absolute atomic E-state index is 12.0. The van der Waals surface area contributed by atoms with E-state index in [2.05, 4.69) is 4.72 Å². The van der Waals surface area contributed by atoms with E-state index in [-0.39, 0.29) is 17.6 Å². The van der Waals surface area contributed by atoms with Crippen molar-refractivity contribution in [3.63, 3.8) is 0 Å². The third kappa shape index (κ3) is 3.54. The fourth-order valence-corrected chi connectivity index (χ4v) is 3.86. The molecular weight excluding hydrogens is 262 g/mol. The zero-order valence-corrected chi connectivity index (χ0v) is 11.5. The summed E-state index contributed by atoms with van der Waals surface area (Å²) in [6, 6.07) is 7.02. The third-order valence-corrected chi connectivity index (χ3v) is 5.38. The molecule has 0 aromatic heterocycles. The second-order valence-electron chi connectivity index (χ2n) is 4.88. The summed E-state index contributed by atoms with van der Waals surface area (Å²) >= 11 is 0. The topological polar surface area (TPSA) is 96.0 Å². The Morgan fingerprint density at radius 1 is 1.26 bits per heavy atom. The van der Waals surface area contributed by atoms with Gasteiger partial charge >= 0.3 is 0 Å². The Hall–Kier alpha value is -1.40. The molecular formula is C13H19N3O2S. The first-order valence-corrected chi connectivity index (χ1v) is 7.95. The normalized spacial score (nSPS) is 16.6. The second kappa shape index (κ2) is 5.71. The molecule has 1 aliphatic rings. The zero-order valence-electron chi connectivity index (χ0n) is 10.7. The Morgan fingerprint density at radius 2 is 1.84 bits per heavy atom. The van der Waals surface area contributed by atoms with Crippen LogP contribution in [-0.4, -0.2) is 19.5 Å². The minimum atomic E-state index is -3.20. The van der Waals surface area contributed by atoms with Gasteiger partial charge < -0.3 is 5.73 Å². The number of nitrogen functional groups attached to an aromatic ring is 1. The zero-order chi connectivity index (χ0) is 13.9. The third-order valence-electron chi connectivity index (χ3n) is 3.48. The molecule has 4 N–H and O–H groups in total. The molecule has 0 aliphatic heterocycles. The van der Waals surface area contributed by atoms with E-state index in [4.69, 9.17) is 11.1 Å². The molecule has 0 saturated heterocycles. The number of benzene rings is 1. The van der Waals surface area contributed by atoms with Crippen LogP contribution >= 0.6 is 0 Å². The van der Waals surface area contributed by atoms with Gasteiger partial charge in [-0.3, -0.25) is 5.41 Å². The van der Waals surface area contributed by atoms with Gasteiger partial charge in [-0.15, -0.1) is 0 Å². The van der Waals surface area contributed by atoms with E-state index in [0.717, 1.165) is 31.2 Å². The minimum absolute atomic E-state index is 0.0121. The van der Waals surface area contributed by atoms with Gasteiger partial charge in [0.25, 0.3) is 0 Å². The van der Waals surface area contributed by atoms with Gasteiger partial charge in [0.15, 0.2) is 0 Å². The van der Waals surface area contributed by atoms with Crippen molar-refractivity contribution in [1.82, 2.24) is 4.72 Å². The maximum atomic E-state index is 12.0. The monoisotopic (exact) mass is 281 g/mol. The molecule has 0 amide bonds. The van der Waals surface area contributed by atoms with Crippen LogP contribution in [0.5, 0.6) is 0 Å². The summed E-state index contributed by atoms with van der Waals surface area (Å²) in [6.45, 7) is 0.289. The summed E-state index contributed by atoms with van der Waals surface area (Å²) in [5.74, 6) is 0.0121. The molecule has 1 aromatic carbocycles. The van der Waals surface area contributed by atoms with Gasteiger partial charge in [0.1, 0.15) is 5.84 Å². The molecule has 0 bridgehead atoms. The molecule has 1 fully saturated rings. The van der Waals surface area contributed by atoms with Crippen LogP contribution in [0.4, 0.5) is 0 Å². The number of sulfonamides is 1. The molecule has 19 heavy (non-hydrogen) atoms. The number of rotatable bonds is 5. The van der Waals surface area contributed by atoms with Crippen LogP contribution in [0.3, 0.4) is 0 Å². The van der Waals surface area contributed by atoms with Gasteiger partial charge in [-0.1, -0.05) is 37.1 Å². The standard InChI is InChI=1S/C13H19N3O2S/c14-13(15)11-7-5-10(6-8-11)9-16-19(17,18)12-3-1-2-4-12/h5-8,12,16H,1-4,9H2,(H3,14,15). The maximum Gasteiger partial charge on any atom is 0.214 e. The molecule has 0 radical (unpaired) electrons. The fourth-order valence-electron chi connectivity index (χ4n) is 2.30. The highest BCUT2D eigenvalue weighted by atomic mass is 32.2. The van der Waals surface area contributed by atoms with E-state index in [1.807, 2.05) is 0 Å². The Balaban J connectivity index is 1.96. The lowest BCUT2D eigenvalue weighted by atomic mass is 10.1. The van der Waals surface area contributed by atoms with Crippen molar-refractivity contribution >= 4 is 15.9 Å². The van der Waals surface area contributed by atoms with Crippen molar-refractivity contribution in [2.45, 2.75) is 37.5 Å². The highest BCUT2D eigenvalue weighted by Gasteiger charge is 2.28. The summed E-state index contributed by atoms with van der Waals surface area (Å²) in [6.07, 6.45) is 3.52. The minimum Gasteiger partial charge on any atom is -0.384 e. The Kier molecular flexibility index (Phi) is 4.21. The summed E-state index contributed by atoms with van der Waals surface area (Å²) in [7, 11) is -3.20. The summed E-state index contributed by atoms with van der Waals surface area (Å²) in [5.41, 5.74) is 6.87. The molecule has 104 valence electrons. The SMILES string of the molecule is N=C(N)c1ccc(CNS(=O)(=O)C2CCCC2)cc1. The lowest BCUT2D eigenvalue weighted by Crippen LogP contribution is -2.32. The van der Waals surface area contributed by atoms with Crippen molar-refractivity contribution in [2.24, 2.45) is 5.73 Å². The van der Waals surface area contributed by atoms with Crippen LogP contribution in [0, 0.1) is 5.41 Å². The van der Waals surface area contributed by atoms with Crippen molar-refractivity contribution in [2.75, 3.05) is 0 Å². The molecule has 6 heteroatoms. The highest BCUT2D eigenvalue weighted by Crippen LogP contribution is 2.24. The van der Waals surface area contributed by atoms with E-state index in [1.165, 1.54) is 0 Å². The molecule has 1 saturated carbocycles. The summed E-state index contributed by atoms with van der Waals surface area (Å²) in [4.78, 5) is 0. The predicted molar refractivity (Wildman–Crippen MR) is 75.5 cm³/mol. The predicted octanol–water partition coefficient (Wildman–Crippen LogP) is 1.33. The van der Waals surface area contributed by atoms with Crippen LogP contribution < -0.4 is 10.5 Å². The lowest BCUT2D eigenvalue weighted by molar-refractivity contribution is 0.564. The van der Waals surface area contributed by atoms with Gasteiger partial charge in [0.05, 0.1) is 5.25 Å². The van der Waals surface area contributed by atoms with Crippen molar-refractivity contribution in [1.29, 1.82) is 5.41 Å². The Morgan fingerprint density at radius 3 is 2.37 bits per heavy atom. The van der Waals surface area contributed by atoms with E-state index < -0.39 is 10.0 Å². The molecule has 0 heterocycles. The second-order valence-corrected chi connectivity index (χ2v) is 6.93. The van der Waals surface area contributed by atoms with Crippen LogP contribution in [0.15, 0.2) is 24.3 Å². The first-order valence-electron chi connectivity index (χ1n) is 6.41. The number of hydrogen-bond acceptors (Lipinski definition) is 3.